The molecule has 1 aromatic rings. The van der Waals surface area contributed by atoms with Gasteiger partial charge in [-0.1, -0.05) is 37.0 Å². The zero-order valence-corrected chi connectivity index (χ0v) is 12.9. The third kappa shape index (κ3) is 3.60. The first-order valence-corrected chi connectivity index (χ1v) is 7.56. The standard InChI is InChI=1S/C17H26N2O/c1-12-9-13(2)16(14(3)10-12)19-15(20)11-17(18)7-5-4-6-8-17/h9-10H,4-8,11,18H2,1-3H3,(H,19,20). The van der Waals surface area contributed by atoms with E-state index >= 15 is 0 Å². The molecule has 0 aromatic heterocycles. The van der Waals surface area contributed by atoms with Gasteiger partial charge in [0.15, 0.2) is 0 Å². The number of rotatable bonds is 3. The second-order valence-electron chi connectivity index (χ2n) is 6.42. The molecule has 1 amide bonds. The van der Waals surface area contributed by atoms with E-state index in [0.717, 1.165) is 42.5 Å². The normalized spacial score (nSPS) is 17.8. The van der Waals surface area contributed by atoms with E-state index in [-0.39, 0.29) is 11.4 Å². The summed E-state index contributed by atoms with van der Waals surface area (Å²) in [5.41, 5.74) is 10.5. The highest BCUT2D eigenvalue weighted by Gasteiger charge is 2.30. The lowest BCUT2D eigenvalue weighted by Crippen LogP contribution is -2.44. The van der Waals surface area contributed by atoms with Gasteiger partial charge < -0.3 is 11.1 Å². The molecule has 0 heterocycles. The van der Waals surface area contributed by atoms with Gasteiger partial charge in [-0.3, -0.25) is 4.79 Å². The molecule has 0 spiro atoms. The number of anilines is 1. The Kier molecular flexibility index (Phi) is 4.48. The lowest BCUT2D eigenvalue weighted by molar-refractivity contribution is -0.117. The Labute approximate surface area is 121 Å². The maximum absolute atomic E-state index is 12.3. The molecule has 1 aliphatic carbocycles. The summed E-state index contributed by atoms with van der Waals surface area (Å²) in [5, 5.41) is 3.06. The van der Waals surface area contributed by atoms with Crippen LogP contribution in [0.4, 0.5) is 5.69 Å². The molecule has 1 aromatic carbocycles. The highest BCUT2D eigenvalue weighted by atomic mass is 16.1. The van der Waals surface area contributed by atoms with Gasteiger partial charge in [-0.05, 0) is 44.7 Å². The van der Waals surface area contributed by atoms with Crippen LogP contribution in [0.25, 0.3) is 0 Å². The Morgan fingerprint density at radius 2 is 1.70 bits per heavy atom. The SMILES string of the molecule is Cc1cc(C)c(NC(=O)CC2(N)CCCCC2)c(C)c1. The van der Waals surface area contributed by atoms with E-state index in [4.69, 9.17) is 5.73 Å². The number of amides is 1. The molecule has 0 bridgehead atoms. The van der Waals surface area contributed by atoms with Crippen molar-refractivity contribution in [1.29, 1.82) is 0 Å². The van der Waals surface area contributed by atoms with E-state index in [9.17, 15) is 4.79 Å². The van der Waals surface area contributed by atoms with Crippen molar-refractivity contribution in [3.05, 3.63) is 28.8 Å². The summed E-state index contributed by atoms with van der Waals surface area (Å²) in [5.74, 6) is 0.0458. The molecule has 0 radical (unpaired) electrons. The molecule has 3 nitrogen and oxygen atoms in total. The van der Waals surface area contributed by atoms with Crippen molar-refractivity contribution in [3.63, 3.8) is 0 Å². The van der Waals surface area contributed by atoms with Crippen LogP contribution in [0.1, 0.15) is 55.2 Å². The van der Waals surface area contributed by atoms with Gasteiger partial charge in [-0.15, -0.1) is 0 Å². The minimum Gasteiger partial charge on any atom is -0.326 e. The van der Waals surface area contributed by atoms with Crippen LogP contribution >= 0.6 is 0 Å². The second-order valence-corrected chi connectivity index (χ2v) is 6.42. The Balaban J connectivity index is 2.05. The number of aryl methyl sites for hydroxylation is 3. The fourth-order valence-electron chi connectivity index (χ4n) is 3.31. The predicted molar refractivity (Wildman–Crippen MR) is 83.9 cm³/mol. The first-order chi connectivity index (χ1) is 9.39. The lowest BCUT2D eigenvalue weighted by Gasteiger charge is -2.32. The Morgan fingerprint density at radius 3 is 2.25 bits per heavy atom. The molecule has 1 aliphatic rings. The summed E-state index contributed by atoms with van der Waals surface area (Å²) in [6.45, 7) is 6.14. The van der Waals surface area contributed by atoms with Gasteiger partial charge in [0, 0.05) is 17.6 Å². The van der Waals surface area contributed by atoms with Gasteiger partial charge in [0.05, 0.1) is 0 Å². The van der Waals surface area contributed by atoms with E-state index in [1.807, 2.05) is 13.8 Å². The predicted octanol–water partition coefficient (Wildman–Crippen LogP) is 3.60. The van der Waals surface area contributed by atoms with Gasteiger partial charge in [-0.25, -0.2) is 0 Å². The third-order valence-electron chi connectivity index (χ3n) is 4.30. The lowest BCUT2D eigenvalue weighted by atomic mass is 9.80. The van der Waals surface area contributed by atoms with E-state index in [1.54, 1.807) is 0 Å². The fourth-order valence-corrected chi connectivity index (χ4v) is 3.31. The van der Waals surface area contributed by atoms with Gasteiger partial charge in [0.25, 0.3) is 0 Å². The van der Waals surface area contributed by atoms with Crippen molar-refractivity contribution in [2.45, 2.75) is 64.8 Å². The number of carbonyl (C=O) groups excluding carboxylic acids is 1. The Morgan fingerprint density at radius 1 is 1.15 bits per heavy atom. The number of nitrogens with two attached hydrogens (primary N) is 1. The minimum atomic E-state index is -0.297. The highest BCUT2D eigenvalue weighted by Crippen LogP contribution is 2.29. The van der Waals surface area contributed by atoms with Crippen LogP contribution in [-0.4, -0.2) is 11.4 Å². The third-order valence-corrected chi connectivity index (χ3v) is 4.30. The topological polar surface area (TPSA) is 55.1 Å². The molecule has 0 unspecified atom stereocenters. The van der Waals surface area contributed by atoms with Crippen LogP contribution in [0.3, 0.4) is 0 Å². The second kappa shape index (κ2) is 5.96. The Bertz CT molecular complexity index is 479. The molecule has 3 heteroatoms. The maximum atomic E-state index is 12.3. The molecule has 0 saturated heterocycles. The number of hydrogen-bond donors (Lipinski definition) is 2. The van der Waals surface area contributed by atoms with Crippen LogP contribution in [0.5, 0.6) is 0 Å². The van der Waals surface area contributed by atoms with E-state index < -0.39 is 0 Å². The average Bonchev–Trinajstić information content (AvgIpc) is 2.34. The molecule has 0 aliphatic heterocycles. The van der Waals surface area contributed by atoms with E-state index in [1.165, 1.54) is 12.0 Å². The zero-order valence-electron chi connectivity index (χ0n) is 12.9. The molecule has 1 saturated carbocycles. The van der Waals surface area contributed by atoms with Gasteiger partial charge in [0.2, 0.25) is 5.91 Å². The molecule has 110 valence electrons. The molecule has 2 rings (SSSR count). The smallest absolute Gasteiger partial charge is 0.226 e. The van der Waals surface area contributed by atoms with Gasteiger partial charge in [-0.2, -0.15) is 0 Å². The van der Waals surface area contributed by atoms with E-state index in [0.29, 0.717) is 6.42 Å². The molecule has 1 fully saturated rings. The first-order valence-electron chi connectivity index (χ1n) is 7.56. The van der Waals surface area contributed by atoms with Gasteiger partial charge >= 0.3 is 0 Å². The van der Waals surface area contributed by atoms with Crippen molar-refractivity contribution in [2.24, 2.45) is 5.73 Å². The maximum Gasteiger partial charge on any atom is 0.226 e. The summed E-state index contributed by atoms with van der Waals surface area (Å²) in [7, 11) is 0. The van der Waals surface area contributed by atoms with Crippen molar-refractivity contribution in [3.8, 4) is 0 Å². The first kappa shape index (κ1) is 15.0. The largest absolute Gasteiger partial charge is 0.326 e. The van der Waals surface area contributed by atoms with E-state index in [2.05, 4.69) is 24.4 Å². The summed E-state index contributed by atoms with van der Waals surface area (Å²) < 4.78 is 0. The van der Waals surface area contributed by atoms with Crippen LogP contribution in [-0.2, 0) is 4.79 Å². The monoisotopic (exact) mass is 274 g/mol. The number of carbonyl (C=O) groups is 1. The van der Waals surface area contributed by atoms with Crippen LogP contribution in [0, 0.1) is 20.8 Å². The molecule has 3 N–H and O–H groups in total. The summed E-state index contributed by atoms with van der Waals surface area (Å²) in [6.07, 6.45) is 5.90. The number of hydrogen-bond acceptors (Lipinski definition) is 2. The summed E-state index contributed by atoms with van der Waals surface area (Å²) >= 11 is 0. The zero-order chi connectivity index (χ0) is 14.8. The molecule has 0 atom stereocenters. The number of nitrogens with one attached hydrogen (secondary N) is 1. The quantitative estimate of drug-likeness (QED) is 0.884. The fraction of sp³-hybridized carbons (Fsp3) is 0.588. The van der Waals surface area contributed by atoms with Crippen molar-refractivity contribution in [2.75, 3.05) is 5.32 Å². The molecular weight excluding hydrogens is 248 g/mol. The summed E-state index contributed by atoms with van der Waals surface area (Å²) in [6, 6.07) is 4.20. The molecule has 20 heavy (non-hydrogen) atoms. The minimum absolute atomic E-state index is 0.0458. The average molecular weight is 274 g/mol. The van der Waals surface area contributed by atoms with Crippen LogP contribution < -0.4 is 11.1 Å². The van der Waals surface area contributed by atoms with Crippen molar-refractivity contribution in [1.82, 2.24) is 0 Å². The number of benzene rings is 1. The van der Waals surface area contributed by atoms with Crippen LogP contribution in [0.2, 0.25) is 0 Å². The van der Waals surface area contributed by atoms with Crippen molar-refractivity contribution < 1.29 is 4.79 Å². The molecular formula is C17H26N2O. The van der Waals surface area contributed by atoms with Gasteiger partial charge in [0.1, 0.15) is 0 Å². The summed E-state index contributed by atoms with van der Waals surface area (Å²) in [4.78, 5) is 12.3. The van der Waals surface area contributed by atoms with Crippen molar-refractivity contribution >= 4 is 11.6 Å². The highest BCUT2D eigenvalue weighted by molar-refractivity contribution is 5.93. The Hall–Kier alpha value is -1.35. The van der Waals surface area contributed by atoms with Crippen LogP contribution in [0.15, 0.2) is 12.1 Å².